The number of hydrogen-bond donors (Lipinski definition) is 1. The summed E-state index contributed by atoms with van der Waals surface area (Å²) < 4.78 is 23.4. The molecule has 1 amide bonds. The fourth-order valence-corrected chi connectivity index (χ4v) is 6.30. The molecule has 1 aromatic carbocycles. The van der Waals surface area contributed by atoms with Crippen LogP contribution in [0.4, 0.5) is 15.9 Å². The van der Waals surface area contributed by atoms with E-state index in [0.717, 1.165) is 30.6 Å². The fraction of sp³-hybridized carbons (Fsp3) is 0.290. The molecule has 2 bridgehead atoms. The van der Waals surface area contributed by atoms with Crippen molar-refractivity contribution in [3.05, 3.63) is 78.9 Å². The molecule has 3 aliphatic rings. The van der Waals surface area contributed by atoms with Gasteiger partial charge in [-0.1, -0.05) is 6.58 Å². The first kappa shape index (κ1) is 26.0. The van der Waals surface area contributed by atoms with E-state index in [1.807, 2.05) is 28.6 Å². The summed E-state index contributed by atoms with van der Waals surface area (Å²) in [4.78, 5) is 36.7. The SMILES string of the molecule is C=CC(=O)N1C[C@H]2CC[C@@H]1C[C@@H]2c1ccc2ncnc(Nc3ccc(Oc4cnc5c(c4)ncn5C)c(C)c3F)c2n1. The van der Waals surface area contributed by atoms with Gasteiger partial charge < -0.3 is 19.5 Å². The van der Waals surface area contributed by atoms with Gasteiger partial charge in [-0.2, -0.15) is 0 Å². The number of nitrogens with one attached hydrogen (secondary N) is 1. The molecule has 212 valence electrons. The second kappa shape index (κ2) is 10.2. The Morgan fingerprint density at radius 3 is 2.83 bits per heavy atom. The molecule has 42 heavy (non-hydrogen) atoms. The zero-order valence-electron chi connectivity index (χ0n) is 23.3. The number of pyridine rings is 2. The molecule has 4 aromatic heterocycles. The summed E-state index contributed by atoms with van der Waals surface area (Å²) in [6, 6.07) is 9.23. The lowest BCUT2D eigenvalue weighted by Gasteiger charge is -2.49. The maximum absolute atomic E-state index is 15.6. The van der Waals surface area contributed by atoms with Gasteiger partial charge in [-0.25, -0.2) is 29.3 Å². The summed E-state index contributed by atoms with van der Waals surface area (Å²) in [6.45, 7) is 6.03. The highest BCUT2D eigenvalue weighted by molar-refractivity contribution is 5.88. The van der Waals surface area contributed by atoms with E-state index in [4.69, 9.17) is 9.72 Å². The lowest BCUT2D eigenvalue weighted by molar-refractivity contribution is -0.134. The van der Waals surface area contributed by atoms with Crippen LogP contribution in [0.25, 0.3) is 22.2 Å². The number of benzene rings is 1. The maximum Gasteiger partial charge on any atom is 0.246 e. The number of piperidine rings is 2. The van der Waals surface area contributed by atoms with Crippen LogP contribution in [-0.4, -0.2) is 52.9 Å². The number of amides is 1. The highest BCUT2D eigenvalue weighted by Crippen LogP contribution is 2.45. The normalized spacial score (nSPS) is 19.8. The predicted octanol–water partition coefficient (Wildman–Crippen LogP) is 5.57. The molecule has 5 aromatic rings. The summed E-state index contributed by atoms with van der Waals surface area (Å²) in [6.07, 6.45) is 9.02. The van der Waals surface area contributed by atoms with Gasteiger partial charge in [-0.3, -0.25) is 4.79 Å². The Bertz CT molecular complexity index is 1870. The third-order valence-electron chi connectivity index (χ3n) is 8.52. The molecule has 10 nitrogen and oxygen atoms in total. The minimum absolute atomic E-state index is 0.00539. The first-order valence-electron chi connectivity index (χ1n) is 14.0. The van der Waals surface area contributed by atoms with Gasteiger partial charge in [0, 0.05) is 42.9 Å². The van der Waals surface area contributed by atoms with Crippen LogP contribution in [0, 0.1) is 18.7 Å². The lowest BCUT2D eigenvalue weighted by atomic mass is 9.70. The zero-order valence-corrected chi connectivity index (χ0v) is 23.3. The topological polar surface area (TPSA) is 111 Å². The average Bonchev–Trinajstić information content (AvgIpc) is 3.40. The van der Waals surface area contributed by atoms with E-state index in [9.17, 15) is 4.79 Å². The molecule has 3 atom stereocenters. The molecule has 1 aliphatic carbocycles. The standard InChI is InChI=1S/C31H29FN8O2/c1-4-27(41)40-14-18-5-6-19(40)11-21(18)22-7-8-24-29(37-22)30(35-15-34-24)38-23-9-10-26(17(2)28(23)32)42-20-12-25-31(33-13-20)39(3)16-36-25/h4,7-10,12-13,15-16,18-19,21H,1,5-6,11,14H2,2-3H3,(H,34,35,38)/t18-,19-,21+/m1/s1. The van der Waals surface area contributed by atoms with Crippen LogP contribution in [0.3, 0.4) is 0 Å². The number of aryl methyl sites for hydroxylation is 1. The quantitative estimate of drug-likeness (QED) is 0.267. The molecule has 1 saturated carbocycles. The van der Waals surface area contributed by atoms with Gasteiger partial charge in [-0.15, -0.1) is 0 Å². The molecule has 2 aliphatic heterocycles. The Morgan fingerprint density at radius 1 is 1.14 bits per heavy atom. The molecule has 2 saturated heterocycles. The molecular formula is C31H29FN8O2. The molecule has 6 heterocycles. The van der Waals surface area contributed by atoms with E-state index in [0.29, 0.717) is 51.9 Å². The molecular weight excluding hydrogens is 535 g/mol. The molecule has 11 heteroatoms. The van der Waals surface area contributed by atoms with Crippen LogP contribution in [0.1, 0.15) is 36.4 Å². The Kier molecular flexibility index (Phi) is 6.29. The first-order chi connectivity index (χ1) is 20.4. The van der Waals surface area contributed by atoms with E-state index in [-0.39, 0.29) is 23.6 Å². The van der Waals surface area contributed by atoms with Crippen molar-refractivity contribution in [2.24, 2.45) is 13.0 Å². The van der Waals surface area contributed by atoms with Crippen LogP contribution in [-0.2, 0) is 11.8 Å². The van der Waals surface area contributed by atoms with Crippen molar-refractivity contribution in [1.82, 2.24) is 34.4 Å². The van der Waals surface area contributed by atoms with Crippen molar-refractivity contribution < 1.29 is 13.9 Å². The minimum atomic E-state index is -0.459. The Hall–Kier alpha value is -4.93. The maximum atomic E-state index is 15.6. The number of ether oxygens (including phenoxy) is 1. The number of carbonyl (C=O) groups excluding carboxylic acids is 1. The number of hydrogen-bond acceptors (Lipinski definition) is 8. The Morgan fingerprint density at radius 2 is 2.02 bits per heavy atom. The highest BCUT2D eigenvalue weighted by atomic mass is 19.1. The second-order valence-corrected chi connectivity index (χ2v) is 11.0. The molecule has 1 N–H and O–H groups in total. The number of halogens is 1. The highest BCUT2D eigenvalue weighted by Gasteiger charge is 2.42. The Labute approximate surface area is 241 Å². The van der Waals surface area contributed by atoms with Crippen molar-refractivity contribution in [2.75, 3.05) is 11.9 Å². The van der Waals surface area contributed by atoms with E-state index >= 15 is 4.39 Å². The van der Waals surface area contributed by atoms with E-state index in [1.165, 1.54) is 12.4 Å². The van der Waals surface area contributed by atoms with Gasteiger partial charge in [-0.05, 0) is 62.4 Å². The lowest BCUT2D eigenvalue weighted by Crippen LogP contribution is -2.53. The molecule has 3 fully saturated rings. The predicted molar refractivity (Wildman–Crippen MR) is 156 cm³/mol. The van der Waals surface area contributed by atoms with Gasteiger partial charge in [0.05, 0.1) is 23.7 Å². The smallest absolute Gasteiger partial charge is 0.246 e. The second-order valence-electron chi connectivity index (χ2n) is 11.0. The third-order valence-corrected chi connectivity index (χ3v) is 8.52. The number of fused-ring (bicyclic) bond motifs is 5. The van der Waals surface area contributed by atoms with Crippen LogP contribution >= 0.6 is 0 Å². The van der Waals surface area contributed by atoms with Gasteiger partial charge in [0.15, 0.2) is 17.3 Å². The van der Waals surface area contributed by atoms with Crippen molar-refractivity contribution in [3.63, 3.8) is 0 Å². The molecule has 8 rings (SSSR count). The van der Waals surface area contributed by atoms with Gasteiger partial charge >= 0.3 is 0 Å². The summed E-state index contributed by atoms with van der Waals surface area (Å²) in [5, 5.41) is 3.13. The van der Waals surface area contributed by atoms with E-state index < -0.39 is 5.82 Å². The summed E-state index contributed by atoms with van der Waals surface area (Å²) in [5.74, 6) is 1.35. The van der Waals surface area contributed by atoms with Crippen molar-refractivity contribution >= 4 is 39.6 Å². The number of rotatable bonds is 6. The molecule has 0 radical (unpaired) electrons. The fourth-order valence-electron chi connectivity index (χ4n) is 6.30. The molecule has 0 spiro atoms. The van der Waals surface area contributed by atoms with Gasteiger partial charge in [0.1, 0.15) is 28.9 Å². The van der Waals surface area contributed by atoms with E-state index in [1.54, 1.807) is 37.6 Å². The van der Waals surface area contributed by atoms with E-state index in [2.05, 4.69) is 31.8 Å². The zero-order chi connectivity index (χ0) is 29.0. The first-order valence-corrected chi connectivity index (χ1v) is 14.0. The number of anilines is 2. The van der Waals surface area contributed by atoms with Gasteiger partial charge in [0.2, 0.25) is 5.91 Å². The number of nitrogens with zero attached hydrogens (tertiary/aromatic N) is 7. The van der Waals surface area contributed by atoms with Crippen LogP contribution < -0.4 is 10.1 Å². The molecule has 0 unspecified atom stereocenters. The Balaban J connectivity index is 1.15. The summed E-state index contributed by atoms with van der Waals surface area (Å²) in [5.41, 5.74) is 4.19. The summed E-state index contributed by atoms with van der Waals surface area (Å²) in [7, 11) is 1.87. The average molecular weight is 565 g/mol. The summed E-state index contributed by atoms with van der Waals surface area (Å²) >= 11 is 0. The number of aromatic nitrogens is 6. The minimum Gasteiger partial charge on any atom is -0.455 e. The number of carbonyl (C=O) groups is 1. The van der Waals surface area contributed by atoms with Crippen LogP contribution in [0.5, 0.6) is 11.5 Å². The third kappa shape index (κ3) is 4.41. The van der Waals surface area contributed by atoms with Crippen LogP contribution in [0.2, 0.25) is 0 Å². The van der Waals surface area contributed by atoms with Crippen molar-refractivity contribution in [3.8, 4) is 11.5 Å². The van der Waals surface area contributed by atoms with Gasteiger partial charge in [0.25, 0.3) is 0 Å². The van der Waals surface area contributed by atoms with Crippen molar-refractivity contribution in [1.29, 1.82) is 0 Å². The number of imidazole rings is 1. The largest absolute Gasteiger partial charge is 0.455 e. The monoisotopic (exact) mass is 564 g/mol. The van der Waals surface area contributed by atoms with Crippen LogP contribution in [0.15, 0.2) is 61.8 Å². The van der Waals surface area contributed by atoms with Crippen molar-refractivity contribution in [2.45, 2.75) is 38.1 Å².